The first-order chi connectivity index (χ1) is 12.6. The van der Waals surface area contributed by atoms with Crippen LogP contribution in [0.4, 0.5) is 0 Å². The summed E-state index contributed by atoms with van der Waals surface area (Å²) in [6.07, 6.45) is 5.81. The number of H-pyrrole nitrogens is 1. The molecule has 2 heterocycles. The maximum atomic E-state index is 12.9. The predicted octanol–water partition coefficient (Wildman–Crippen LogP) is 3.72. The zero-order valence-corrected chi connectivity index (χ0v) is 15.3. The Labute approximate surface area is 152 Å². The van der Waals surface area contributed by atoms with Crippen molar-refractivity contribution in [3.05, 3.63) is 52.2 Å². The molecule has 3 atom stereocenters. The number of nitrogens with zero attached hydrogens (tertiary/aromatic N) is 3. The molecule has 26 heavy (non-hydrogen) atoms. The third-order valence-corrected chi connectivity index (χ3v) is 6.62. The minimum absolute atomic E-state index is 0.0218. The van der Waals surface area contributed by atoms with Crippen LogP contribution in [0.15, 0.2) is 35.1 Å². The molecule has 3 aromatic rings. The third-order valence-electron chi connectivity index (χ3n) is 6.62. The van der Waals surface area contributed by atoms with Gasteiger partial charge in [-0.25, -0.2) is 9.50 Å². The van der Waals surface area contributed by atoms with Gasteiger partial charge >= 0.3 is 0 Å². The third kappa shape index (κ3) is 2.12. The van der Waals surface area contributed by atoms with Crippen molar-refractivity contribution in [2.24, 2.45) is 11.8 Å². The summed E-state index contributed by atoms with van der Waals surface area (Å²) in [4.78, 5) is 20.8. The summed E-state index contributed by atoms with van der Waals surface area (Å²) in [6.45, 7) is 4.38. The van der Waals surface area contributed by atoms with Crippen LogP contribution in [0.2, 0.25) is 0 Å². The van der Waals surface area contributed by atoms with Crippen LogP contribution in [-0.4, -0.2) is 19.6 Å². The molecule has 1 N–H and O–H groups in total. The average molecular weight is 348 g/mol. The highest BCUT2D eigenvalue weighted by Gasteiger charge is 2.51. The Hall–Kier alpha value is -2.43. The Balaban J connectivity index is 1.76. The molecule has 2 aromatic heterocycles. The molecule has 134 valence electrons. The smallest absolute Gasteiger partial charge is 0.277 e. The second kappa shape index (κ2) is 5.53. The Kier molecular flexibility index (Phi) is 3.36. The van der Waals surface area contributed by atoms with E-state index in [9.17, 15) is 4.79 Å². The number of aryl methyl sites for hydroxylation is 1. The second-order valence-corrected chi connectivity index (χ2v) is 8.16. The number of benzene rings is 1. The molecule has 2 aliphatic rings. The van der Waals surface area contributed by atoms with Gasteiger partial charge in [-0.2, -0.15) is 0 Å². The van der Waals surface area contributed by atoms with Crippen molar-refractivity contribution in [3.63, 3.8) is 0 Å². The molecule has 0 spiro atoms. The molecule has 2 fully saturated rings. The molecule has 2 aliphatic carbocycles. The summed E-state index contributed by atoms with van der Waals surface area (Å²) in [7, 11) is 0. The minimum atomic E-state index is -0.0961. The lowest BCUT2D eigenvalue weighted by molar-refractivity contribution is 0.274. The summed E-state index contributed by atoms with van der Waals surface area (Å²) in [5.41, 5.74) is 2.32. The first-order valence-corrected chi connectivity index (χ1v) is 9.68. The van der Waals surface area contributed by atoms with Gasteiger partial charge in [0.2, 0.25) is 0 Å². The Morgan fingerprint density at radius 1 is 1.27 bits per heavy atom. The van der Waals surface area contributed by atoms with E-state index in [-0.39, 0.29) is 11.0 Å². The lowest BCUT2D eigenvalue weighted by Crippen LogP contribution is -2.32. The fourth-order valence-electron chi connectivity index (χ4n) is 5.29. The predicted molar refractivity (Wildman–Crippen MR) is 101 cm³/mol. The van der Waals surface area contributed by atoms with Crippen molar-refractivity contribution >= 4 is 5.52 Å². The summed E-state index contributed by atoms with van der Waals surface area (Å²) >= 11 is 0. The van der Waals surface area contributed by atoms with Crippen LogP contribution in [0.25, 0.3) is 16.9 Å². The lowest BCUT2D eigenvalue weighted by Gasteiger charge is -2.32. The van der Waals surface area contributed by atoms with E-state index in [1.54, 1.807) is 0 Å². The number of aromatic nitrogens is 4. The molecular weight excluding hydrogens is 324 g/mol. The normalized spacial score (nSPS) is 27.5. The van der Waals surface area contributed by atoms with E-state index < -0.39 is 0 Å². The van der Waals surface area contributed by atoms with E-state index in [0.29, 0.717) is 17.3 Å². The standard InChI is InChI=1S/C21H24N4O/c1-3-16-17-19(26)23-18(14-7-5-4-6-8-14)24-25(17)20(22-16)21(2)12-13-9-10-15(21)11-13/h4-8,13,15H,3,9-12H2,1-2H3,(H,23,24,26). The summed E-state index contributed by atoms with van der Waals surface area (Å²) in [5.74, 6) is 3.05. The van der Waals surface area contributed by atoms with Gasteiger partial charge in [-0.3, -0.25) is 4.79 Å². The van der Waals surface area contributed by atoms with Gasteiger partial charge in [-0.1, -0.05) is 50.6 Å². The van der Waals surface area contributed by atoms with E-state index in [1.165, 1.54) is 19.3 Å². The Morgan fingerprint density at radius 2 is 2.08 bits per heavy atom. The molecule has 5 nitrogen and oxygen atoms in total. The van der Waals surface area contributed by atoms with Gasteiger partial charge in [0.25, 0.3) is 5.56 Å². The van der Waals surface area contributed by atoms with Gasteiger partial charge in [0, 0.05) is 11.0 Å². The van der Waals surface area contributed by atoms with Gasteiger partial charge in [0.15, 0.2) is 11.3 Å². The molecule has 1 aromatic carbocycles. The number of fused-ring (bicyclic) bond motifs is 3. The average Bonchev–Trinajstić information content (AvgIpc) is 3.35. The number of aromatic amines is 1. The fourth-order valence-corrected chi connectivity index (χ4v) is 5.29. The molecule has 0 radical (unpaired) electrons. The molecule has 0 amide bonds. The molecule has 2 bridgehead atoms. The largest absolute Gasteiger partial charge is 0.303 e. The number of imidazole rings is 1. The van der Waals surface area contributed by atoms with Crippen molar-refractivity contribution in [2.45, 2.75) is 51.4 Å². The molecule has 0 saturated heterocycles. The summed E-state index contributed by atoms with van der Waals surface area (Å²) in [6, 6.07) is 9.84. The van der Waals surface area contributed by atoms with Crippen LogP contribution in [0.5, 0.6) is 0 Å². The van der Waals surface area contributed by atoms with Crippen LogP contribution >= 0.6 is 0 Å². The first-order valence-electron chi connectivity index (χ1n) is 9.68. The molecular formula is C21H24N4O. The second-order valence-electron chi connectivity index (χ2n) is 8.16. The summed E-state index contributed by atoms with van der Waals surface area (Å²) < 4.78 is 1.86. The lowest BCUT2D eigenvalue weighted by atomic mass is 9.74. The molecule has 5 heteroatoms. The van der Waals surface area contributed by atoms with Crippen LogP contribution < -0.4 is 5.56 Å². The highest BCUT2D eigenvalue weighted by Crippen LogP contribution is 2.56. The van der Waals surface area contributed by atoms with Crippen molar-refractivity contribution in [3.8, 4) is 11.4 Å². The Morgan fingerprint density at radius 3 is 2.73 bits per heavy atom. The van der Waals surface area contributed by atoms with E-state index in [0.717, 1.165) is 35.8 Å². The summed E-state index contributed by atoms with van der Waals surface area (Å²) in [5, 5.41) is 4.85. The SMILES string of the molecule is CCc1nc(C2(C)CC3CCC2C3)n2nc(-c3ccccc3)[nH]c(=O)c12. The van der Waals surface area contributed by atoms with Crippen molar-refractivity contribution in [2.75, 3.05) is 0 Å². The number of hydrogen-bond acceptors (Lipinski definition) is 3. The first kappa shape index (κ1) is 15.8. The minimum Gasteiger partial charge on any atom is -0.303 e. The number of nitrogens with one attached hydrogen (secondary N) is 1. The van der Waals surface area contributed by atoms with Gasteiger partial charge in [0.05, 0.1) is 5.69 Å². The van der Waals surface area contributed by atoms with Gasteiger partial charge in [0.1, 0.15) is 5.82 Å². The van der Waals surface area contributed by atoms with Crippen molar-refractivity contribution < 1.29 is 0 Å². The Bertz CT molecular complexity index is 1040. The van der Waals surface area contributed by atoms with E-state index in [1.807, 2.05) is 34.8 Å². The zero-order chi connectivity index (χ0) is 17.9. The number of hydrogen-bond donors (Lipinski definition) is 1. The molecule has 2 saturated carbocycles. The van der Waals surface area contributed by atoms with Gasteiger partial charge in [-0.15, -0.1) is 5.10 Å². The van der Waals surface area contributed by atoms with Crippen LogP contribution in [0, 0.1) is 11.8 Å². The molecule has 3 unspecified atom stereocenters. The van der Waals surface area contributed by atoms with E-state index in [4.69, 9.17) is 10.1 Å². The maximum Gasteiger partial charge on any atom is 0.277 e. The highest BCUT2D eigenvalue weighted by molar-refractivity contribution is 5.58. The maximum absolute atomic E-state index is 12.9. The van der Waals surface area contributed by atoms with E-state index in [2.05, 4.69) is 18.8 Å². The van der Waals surface area contributed by atoms with E-state index >= 15 is 0 Å². The number of rotatable bonds is 3. The van der Waals surface area contributed by atoms with Crippen LogP contribution in [-0.2, 0) is 11.8 Å². The highest BCUT2D eigenvalue weighted by atomic mass is 16.1. The topological polar surface area (TPSA) is 63.1 Å². The quantitative estimate of drug-likeness (QED) is 0.784. The monoisotopic (exact) mass is 348 g/mol. The van der Waals surface area contributed by atoms with Crippen LogP contribution in [0.3, 0.4) is 0 Å². The fraction of sp³-hybridized carbons (Fsp3) is 0.476. The van der Waals surface area contributed by atoms with Crippen molar-refractivity contribution in [1.29, 1.82) is 0 Å². The van der Waals surface area contributed by atoms with Gasteiger partial charge < -0.3 is 4.98 Å². The zero-order valence-electron chi connectivity index (χ0n) is 15.3. The van der Waals surface area contributed by atoms with Crippen LogP contribution in [0.1, 0.15) is 51.0 Å². The molecule has 5 rings (SSSR count). The molecule has 0 aliphatic heterocycles. The van der Waals surface area contributed by atoms with Crippen molar-refractivity contribution in [1.82, 2.24) is 19.6 Å². The van der Waals surface area contributed by atoms with Gasteiger partial charge in [-0.05, 0) is 37.5 Å².